The van der Waals surface area contributed by atoms with Crippen LogP contribution in [-0.2, 0) is 4.79 Å². The number of fused-ring (bicyclic) bond motifs is 1. The molecule has 0 saturated carbocycles. The lowest BCUT2D eigenvalue weighted by Crippen LogP contribution is -2.32. The Hall–Kier alpha value is -2.80. The molecule has 0 unspecified atom stereocenters. The first kappa shape index (κ1) is 19.5. The van der Waals surface area contributed by atoms with E-state index in [-0.39, 0.29) is 5.91 Å². The molecule has 0 spiro atoms. The molecule has 1 N–H and O–H groups in total. The summed E-state index contributed by atoms with van der Waals surface area (Å²) in [5, 5.41) is 2.96. The third kappa shape index (κ3) is 4.45. The zero-order valence-electron chi connectivity index (χ0n) is 16.9. The molecule has 154 valence electrons. The fraction of sp³-hybridized carbons (Fsp3) is 0.455. The molecule has 29 heavy (non-hydrogen) atoms. The topological polar surface area (TPSA) is 72.9 Å². The van der Waals surface area contributed by atoms with Gasteiger partial charge in [0.15, 0.2) is 11.5 Å². The van der Waals surface area contributed by atoms with E-state index >= 15 is 0 Å². The Bertz CT molecular complexity index is 878. The number of pyridine rings is 1. The average molecular weight is 397 g/mol. The number of likely N-dealkylation sites (tertiary alicyclic amines) is 1. The molecule has 3 heterocycles. The molecule has 7 nitrogen and oxygen atoms in total. The monoisotopic (exact) mass is 397 g/mol. The molecule has 2 aliphatic heterocycles. The normalized spacial score (nSPS) is 17.0. The van der Waals surface area contributed by atoms with Crippen LogP contribution in [0.25, 0.3) is 11.3 Å². The van der Waals surface area contributed by atoms with E-state index in [4.69, 9.17) is 14.2 Å². The van der Waals surface area contributed by atoms with Crippen molar-refractivity contribution in [1.29, 1.82) is 0 Å². The van der Waals surface area contributed by atoms with Crippen LogP contribution in [0, 0.1) is 5.92 Å². The second-order valence-electron chi connectivity index (χ2n) is 7.58. The predicted octanol–water partition coefficient (Wildman–Crippen LogP) is 3.20. The summed E-state index contributed by atoms with van der Waals surface area (Å²) in [5.41, 5.74) is 2.12. The number of amides is 1. The molecule has 1 fully saturated rings. The smallest absolute Gasteiger partial charge is 0.238 e. The van der Waals surface area contributed by atoms with Gasteiger partial charge in [-0.25, -0.2) is 4.98 Å². The van der Waals surface area contributed by atoms with E-state index in [2.05, 4.69) is 22.2 Å². The summed E-state index contributed by atoms with van der Waals surface area (Å²) in [5.74, 6) is 2.21. The standard InChI is InChI=1S/C22H27N3O4/c1-25-10-8-15(9-11-25)14-20(26)23-18-7-6-17(24-22(18)27-2)16-4-3-5-19-21(16)29-13-12-28-19/h3-7,15H,8-14H2,1-2H3,(H,23,26). The minimum atomic E-state index is 0.00114. The van der Waals surface area contributed by atoms with Crippen LogP contribution in [-0.4, -0.2) is 56.3 Å². The third-order valence-electron chi connectivity index (χ3n) is 5.48. The summed E-state index contributed by atoms with van der Waals surface area (Å²) in [4.78, 5) is 19.4. The fourth-order valence-electron chi connectivity index (χ4n) is 3.85. The predicted molar refractivity (Wildman–Crippen MR) is 111 cm³/mol. The van der Waals surface area contributed by atoms with E-state index in [0.29, 0.717) is 54.3 Å². The first-order chi connectivity index (χ1) is 14.1. The fourth-order valence-corrected chi connectivity index (χ4v) is 3.85. The van der Waals surface area contributed by atoms with E-state index in [1.54, 1.807) is 7.11 Å². The van der Waals surface area contributed by atoms with Crippen molar-refractivity contribution in [3.63, 3.8) is 0 Å². The summed E-state index contributed by atoms with van der Waals surface area (Å²) < 4.78 is 16.9. The lowest BCUT2D eigenvalue weighted by molar-refractivity contribution is -0.117. The molecule has 0 aliphatic carbocycles. The highest BCUT2D eigenvalue weighted by molar-refractivity contribution is 5.92. The molecule has 1 aromatic carbocycles. The third-order valence-corrected chi connectivity index (χ3v) is 5.48. The largest absolute Gasteiger partial charge is 0.486 e. The number of hydrogen-bond donors (Lipinski definition) is 1. The van der Waals surface area contributed by atoms with Crippen molar-refractivity contribution in [2.45, 2.75) is 19.3 Å². The first-order valence-corrected chi connectivity index (χ1v) is 10.1. The number of nitrogens with one attached hydrogen (secondary N) is 1. The molecule has 2 aromatic rings. The van der Waals surface area contributed by atoms with Gasteiger partial charge in [-0.15, -0.1) is 0 Å². The zero-order chi connectivity index (χ0) is 20.2. The number of anilines is 1. The lowest BCUT2D eigenvalue weighted by Gasteiger charge is -2.28. The second kappa shape index (κ2) is 8.69. The second-order valence-corrected chi connectivity index (χ2v) is 7.58. The van der Waals surface area contributed by atoms with Crippen molar-refractivity contribution in [3.05, 3.63) is 30.3 Å². The molecule has 0 atom stereocenters. The van der Waals surface area contributed by atoms with Crippen molar-refractivity contribution >= 4 is 11.6 Å². The Balaban J connectivity index is 1.49. The van der Waals surface area contributed by atoms with Gasteiger partial charge < -0.3 is 24.4 Å². The quantitative estimate of drug-likeness (QED) is 0.835. The summed E-state index contributed by atoms with van der Waals surface area (Å²) in [7, 11) is 3.67. The summed E-state index contributed by atoms with van der Waals surface area (Å²) in [6.45, 7) is 3.14. The van der Waals surface area contributed by atoms with Gasteiger partial charge in [-0.3, -0.25) is 4.79 Å². The van der Waals surface area contributed by atoms with E-state index in [1.165, 1.54) is 0 Å². The Morgan fingerprint density at radius 2 is 2.00 bits per heavy atom. The van der Waals surface area contributed by atoms with Gasteiger partial charge in [0, 0.05) is 12.0 Å². The van der Waals surface area contributed by atoms with Crippen molar-refractivity contribution < 1.29 is 19.0 Å². The average Bonchev–Trinajstić information content (AvgIpc) is 2.75. The highest BCUT2D eigenvalue weighted by Gasteiger charge is 2.22. The Labute approximate surface area is 171 Å². The van der Waals surface area contributed by atoms with Gasteiger partial charge >= 0.3 is 0 Å². The number of carbonyl (C=O) groups is 1. The molecule has 1 aromatic heterocycles. The van der Waals surface area contributed by atoms with Crippen LogP contribution < -0.4 is 19.5 Å². The minimum Gasteiger partial charge on any atom is -0.486 e. The van der Waals surface area contributed by atoms with Gasteiger partial charge in [0.2, 0.25) is 11.8 Å². The molecular weight excluding hydrogens is 370 g/mol. The Kier molecular flexibility index (Phi) is 5.85. The zero-order valence-corrected chi connectivity index (χ0v) is 16.9. The van der Waals surface area contributed by atoms with Gasteiger partial charge in [0.1, 0.15) is 18.9 Å². The van der Waals surface area contributed by atoms with Crippen LogP contribution in [0.4, 0.5) is 5.69 Å². The highest BCUT2D eigenvalue weighted by atomic mass is 16.6. The van der Waals surface area contributed by atoms with E-state index in [9.17, 15) is 4.79 Å². The van der Waals surface area contributed by atoms with Gasteiger partial charge in [-0.1, -0.05) is 6.07 Å². The number of aromatic nitrogens is 1. The van der Waals surface area contributed by atoms with Gasteiger partial charge in [0.05, 0.1) is 12.8 Å². The van der Waals surface area contributed by atoms with Crippen LogP contribution in [0.15, 0.2) is 30.3 Å². The van der Waals surface area contributed by atoms with Crippen LogP contribution in [0.2, 0.25) is 0 Å². The molecule has 0 bridgehead atoms. The maximum Gasteiger partial charge on any atom is 0.238 e. The summed E-state index contributed by atoms with van der Waals surface area (Å²) in [6.07, 6.45) is 2.63. The molecule has 0 radical (unpaired) electrons. The molecule has 1 saturated heterocycles. The van der Waals surface area contributed by atoms with Crippen LogP contribution in [0.5, 0.6) is 17.4 Å². The number of rotatable bonds is 5. The van der Waals surface area contributed by atoms with E-state index in [1.807, 2.05) is 30.3 Å². The van der Waals surface area contributed by atoms with Gasteiger partial charge in [0.25, 0.3) is 0 Å². The number of nitrogens with zero attached hydrogens (tertiary/aromatic N) is 2. The molecule has 1 amide bonds. The van der Waals surface area contributed by atoms with Crippen molar-refractivity contribution in [1.82, 2.24) is 9.88 Å². The Morgan fingerprint density at radius 3 is 2.79 bits per heavy atom. The number of piperidine rings is 1. The van der Waals surface area contributed by atoms with Crippen molar-refractivity contribution in [3.8, 4) is 28.6 Å². The summed E-state index contributed by atoms with van der Waals surface area (Å²) in [6, 6.07) is 9.42. The van der Waals surface area contributed by atoms with E-state index < -0.39 is 0 Å². The maximum atomic E-state index is 12.5. The maximum absolute atomic E-state index is 12.5. The van der Waals surface area contributed by atoms with Crippen molar-refractivity contribution in [2.75, 3.05) is 45.8 Å². The van der Waals surface area contributed by atoms with Gasteiger partial charge in [-0.05, 0) is 63.2 Å². The summed E-state index contributed by atoms with van der Waals surface area (Å²) >= 11 is 0. The molecular formula is C22H27N3O4. The van der Waals surface area contributed by atoms with Crippen molar-refractivity contribution in [2.24, 2.45) is 5.92 Å². The van der Waals surface area contributed by atoms with E-state index in [0.717, 1.165) is 31.5 Å². The number of ether oxygens (including phenoxy) is 3. The number of carbonyl (C=O) groups excluding carboxylic acids is 1. The van der Waals surface area contributed by atoms with Crippen LogP contribution in [0.1, 0.15) is 19.3 Å². The highest BCUT2D eigenvalue weighted by Crippen LogP contribution is 2.40. The van der Waals surface area contributed by atoms with Gasteiger partial charge in [-0.2, -0.15) is 0 Å². The lowest BCUT2D eigenvalue weighted by atomic mass is 9.93. The number of methoxy groups -OCH3 is 1. The first-order valence-electron chi connectivity index (χ1n) is 10.1. The molecule has 7 heteroatoms. The molecule has 4 rings (SSSR count). The van der Waals surface area contributed by atoms with Crippen LogP contribution >= 0.6 is 0 Å². The SMILES string of the molecule is COc1nc(-c2cccc3c2OCCO3)ccc1NC(=O)CC1CCN(C)CC1. The number of benzene rings is 1. The minimum absolute atomic E-state index is 0.00114. The number of para-hydroxylation sites is 1. The number of hydrogen-bond acceptors (Lipinski definition) is 6. The molecule has 2 aliphatic rings. The van der Waals surface area contributed by atoms with Crippen LogP contribution in [0.3, 0.4) is 0 Å². The Morgan fingerprint density at radius 1 is 1.21 bits per heavy atom.